The Morgan fingerprint density at radius 1 is 1.52 bits per heavy atom. The van der Waals surface area contributed by atoms with Gasteiger partial charge >= 0.3 is 6.03 Å². The number of hydrogen-bond acceptors (Lipinski definition) is 4. The fourth-order valence-electron chi connectivity index (χ4n) is 3.38. The van der Waals surface area contributed by atoms with Crippen LogP contribution in [0, 0.1) is 11.3 Å². The van der Waals surface area contributed by atoms with Crippen molar-refractivity contribution >= 4 is 23.3 Å². The summed E-state index contributed by atoms with van der Waals surface area (Å²) in [6.45, 7) is 2.60. The van der Waals surface area contributed by atoms with E-state index in [0.29, 0.717) is 30.3 Å². The molecule has 6 nitrogen and oxygen atoms in total. The maximum atomic E-state index is 12.1. The first-order valence-corrected chi connectivity index (χ1v) is 8.02. The molecule has 23 heavy (non-hydrogen) atoms. The molecule has 0 unspecified atom stereocenters. The first-order valence-electron chi connectivity index (χ1n) is 7.64. The molecule has 2 saturated heterocycles. The van der Waals surface area contributed by atoms with E-state index >= 15 is 0 Å². The van der Waals surface area contributed by atoms with Crippen LogP contribution in [0.25, 0.3) is 0 Å². The molecule has 1 aromatic rings. The molecule has 2 atom stereocenters. The van der Waals surface area contributed by atoms with Gasteiger partial charge in [0, 0.05) is 31.8 Å². The number of carbonyl (C=O) groups excluding carboxylic acids is 1. The minimum Gasteiger partial charge on any atom is -0.383 e. The van der Waals surface area contributed by atoms with Crippen LogP contribution in [0.2, 0.25) is 5.02 Å². The van der Waals surface area contributed by atoms with Crippen molar-refractivity contribution in [3.63, 3.8) is 0 Å². The zero-order valence-electron chi connectivity index (χ0n) is 13.0. The van der Waals surface area contributed by atoms with Crippen molar-refractivity contribution in [3.05, 3.63) is 28.8 Å². The highest BCUT2D eigenvalue weighted by Crippen LogP contribution is 2.30. The van der Waals surface area contributed by atoms with Crippen LogP contribution in [0.3, 0.4) is 0 Å². The number of hydrogen-bond donors (Lipinski definition) is 1. The van der Waals surface area contributed by atoms with Crippen LogP contribution >= 0.6 is 11.6 Å². The highest BCUT2D eigenvalue weighted by Gasteiger charge is 2.42. The van der Waals surface area contributed by atoms with Crippen LogP contribution in [0.1, 0.15) is 12.0 Å². The van der Waals surface area contributed by atoms with Gasteiger partial charge in [-0.1, -0.05) is 11.6 Å². The maximum absolute atomic E-state index is 12.1. The van der Waals surface area contributed by atoms with Crippen LogP contribution in [-0.2, 0) is 4.74 Å². The molecule has 2 aliphatic heterocycles. The van der Waals surface area contributed by atoms with Gasteiger partial charge in [-0.25, -0.2) is 4.79 Å². The van der Waals surface area contributed by atoms with Crippen LogP contribution < -0.4 is 10.2 Å². The van der Waals surface area contributed by atoms with Crippen molar-refractivity contribution in [1.82, 2.24) is 10.2 Å². The van der Waals surface area contributed by atoms with Crippen molar-refractivity contribution < 1.29 is 9.53 Å². The third-order valence-corrected chi connectivity index (χ3v) is 4.74. The number of nitrogens with zero attached hydrogens (tertiary/aromatic N) is 3. The Hall–Kier alpha value is -1.97. The van der Waals surface area contributed by atoms with E-state index in [4.69, 9.17) is 16.3 Å². The number of rotatable bonds is 4. The molecule has 0 radical (unpaired) electrons. The molecular weight excluding hydrogens is 316 g/mol. The lowest BCUT2D eigenvalue weighted by molar-refractivity contribution is 0.140. The number of methoxy groups -OCH3 is 1. The normalized spacial score (nSPS) is 23.4. The molecule has 0 spiro atoms. The molecule has 0 saturated carbocycles. The van der Waals surface area contributed by atoms with E-state index in [-0.39, 0.29) is 18.1 Å². The van der Waals surface area contributed by atoms with Gasteiger partial charge in [-0.2, -0.15) is 5.26 Å². The summed E-state index contributed by atoms with van der Waals surface area (Å²) in [5.74, 6) is 0. The van der Waals surface area contributed by atoms with Gasteiger partial charge < -0.3 is 19.9 Å². The van der Waals surface area contributed by atoms with Gasteiger partial charge in [0.15, 0.2) is 0 Å². The third-order valence-electron chi connectivity index (χ3n) is 4.50. The first-order chi connectivity index (χ1) is 11.1. The van der Waals surface area contributed by atoms with Gasteiger partial charge in [0.25, 0.3) is 0 Å². The molecule has 1 aromatic carbocycles. The topological polar surface area (TPSA) is 68.6 Å². The van der Waals surface area contributed by atoms with E-state index in [1.165, 1.54) is 0 Å². The molecule has 2 heterocycles. The van der Waals surface area contributed by atoms with Crippen molar-refractivity contribution in [1.29, 1.82) is 5.26 Å². The van der Waals surface area contributed by atoms with Gasteiger partial charge in [0.2, 0.25) is 0 Å². The summed E-state index contributed by atoms with van der Waals surface area (Å²) in [6.07, 6.45) is 0.852. The van der Waals surface area contributed by atoms with Crippen LogP contribution in [-0.4, -0.2) is 56.4 Å². The van der Waals surface area contributed by atoms with Gasteiger partial charge in [0.1, 0.15) is 6.07 Å². The number of anilines is 1. The molecule has 0 bridgehead atoms. The highest BCUT2D eigenvalue weighted by atomic mass is 35.5. The summed E-state index contributed by atoms with van der Waals surface area (Å²) < 4.78 is 5.08. The number of nitrogens with one attached hydrogen (secondary N) is 1. The van der Waals surface area contributed by atoms with Crippen LogP contribution in [0.15, 0.2) is 18.2 Å². The predicted octanol–water partition coefficient (Wildman–Crippen LogP) is 1.83. The molecule has 3 rings (SSSR count). The summed E-state index contributed by atoms with van der Waals surface area (Å²) >= 11 is 6.08. The minimum absolute atomic E-state index is 0.0366. The average molecular weight is 335 g/mol. The van der Waals surface area contributed by atoms with Crippen molar-refractivity contribution in [3.8, 4) is 6.07 Å². The molecule has 0 aliphatic carbocycles. The second-order valence-corrected chi connectivity index (χ2v) is 6.25. The van der Waals surface area contributed by atoms with Crippen molar-refractivity contribution in [2.75, 3.05) is 38.3 Å². The van der Waals surface area contributed by atoms with Gasteiger partial charge in [-0.05, 0) is 24.6 Å². The lowest BCUT2D eigenvalue weighted by Gasteiger charge is -2.38. The van der Waals surface area contributed by atoms with E-state index in [1.54, 1.807) is 19.2 Å². The molecule has 2 fully saturated rings. The Morgan fingerprint density at radius 2 is 2.35 bits per heavy atom. The summed E-state index contributed by atoms with van der Waals surface area (Å²) in [7, 11) is 1.64. The molecule has 0 aromatic heterocycles. The molecule has 2 amide bonds. The molecule has 7 heteroatoms. The number of piperidine rings is 1. The molecule has 2 aliphatic rings. The summed E-state index contributed by atoms with van der Waals surface area (Å²) in [5.41, 5.74) is 1.44. The van der Waals surface area contributed by atoms with Gasteiger partial charge in [0.05, 0.1) is 29.9 Å². The van der Waals surface area contributed by atoms with E-state index in [0.717, 1.165) is 18.7 Å². The number of urea groups is 1. The third kappa shape index (κ3) is 3.07. The minimum atomic E-state index is -0.0366. The Balaban J connectivity index is 1.76. The Morgan fingerprint density at radius 3 is 3.09 bits per heavy atom. The smallest absolute Gasteiger partial charge is 0.318 e. The SMILES string of the molecule is COCCN1C(=O)N[C@@H]2CN(c3cc(Cl)ccc3C#N)CC[C@@H]21. The second kappa shape index (κ2) is 6.65. The number of carbonyl (C=O) groups is 1. The number of halogens is 1. The first kappa shape index (κ1) is 15.9. The molecule has 122 valence electrons. The highest BCUT2D eigenvalue weighted by molar-refractivity contribution is 6.30. The monoisotopic (exact) mass is 334 g/mol. The fraction of sp³-hybridized carbons (Fsp3) is 0.500. The van der Waals surface area contributed by atoms with E-state index in [9.17, 15) is 10.1 Å². The summed E-state index contributed by atoms with van der Waals surface area (Å²) in [4.78, 5) is 16.1. The van der Waals surface area contributed by atoms with Gasteiger partial charge in [-0.15, -0.1) is 0 Å². The maximum Gasteiger partial charge on any atom is 0.318 e. The lowest BCUT2D eigenvalue weighted by atomic mass is 9.98. The van der Waals surface area contributed by atoms with Crippen LogP contribution in [0.4, 0.5) is 10.5 Å². The number of fused-ring (bicyclic) bond motifs is 1. The van der Waals surface area contributed by atoms with Crippen LogP contribution in [0.5, 0.6) is 0 Å². The van der Waals surface area contributed by atoms with Crippen molar-refractivity contribution in [2.24, 2.45) is 0 Å². The van der Waals surface area contributed by atoms with E-state index < -0.39 is 0 Å². The van der Waals surface area contributed by atoms with E-state index in [1.807, 2.05) is 11.0 Å². The van der Waals surface area contributed by atoms with Crippen molar-refractivity contribution in [2.45, 2.75) is 18.5 Å². The Bertz CT molecular complexity index is 645. The number of benzene rings is 1. The average Bonchev–Trinajstić information content (AvgIpc) is 2.87. The standard InChI is InChI=1S/C16H19ClN4O2/c1-23-7-6-21-14-4-5-20(10-13(14)19-16(21)22)15-8-12(17)3-2-11(15)9-18/h2-3,8,13-14H,4-7,10H2,1H3,(H,19,22)/t13-,14+/m1/s1. The number of nitriles is 1. The molecule has 1 N–H and O–H groups in total. The second-order valence-electron chi connectivity index (χ2n) is 5.82. The van der Waals surface area contributed by atoms with E-state index in [2.05, 4.69) is 16.3 Å². The largest absolute Gasteiger partial charge is 0.383 e. The van der Waals surface area contributed by atoms with Gasteiger partial charge in [-0.3, -0.25) is 0 Å². The quantitative estimate of drug-likeness (QED) is 0.912. The molecular formula is C16H19ClN4O2. The number of amides is 2. The zero-order chi connectivity index (χ0) is 16.4. The predicted molar refractivity (Wildman–Crippen MR) is 87.7 cm³/mol. The Labute approximate surface area is 140 Å². The fourth-order valence-corrected chi connectivity index (χ4v) is 3.55. The zero-order valence-corrected chi connectivity index (χ0v) is 13.7. The lowest BCUT2D eigenvalue weighted by Crippen LogP contribution is -2.51. The number of ether oxygens (including phenoxy) is 1. The summed E-state index contributed by atoms with van der Waals surface area (Å²) in [5, 5.41) is 12.9. The summed E-state index contributed by atoms with van der Waals surface area (Å²) in [6, 6.07) is 7.69. The Kier molecular flexibility index (Phi) is 4.60.